The second-order valence-electron chi connectivity index (χ2n) is 9.80. The minimum atomic E-state index is -0.943. The molecule has 1 saturated carbocycles. The molecular formula is C31H31N3O6. The minimum absolute atomic E-state index is 0.0797. The summed E-state index contributed by atoms with van der Waals surface area (Å²) in [7, 11) is 2.87. The topological polar surface area (TPSA) is 133 Å². The predicted molar refractivity (Wildman–Crippen MR) is 153 cm³/mol. The molecule has 0 saturated heterocycles. The van der Waals surface area contributed by atoms with Crippen molar-refractivity contribution in [1.29, 1.82) is 0 Å². The number of rotatable bonds is 11. The molecule has 40 heavy (non-hydrogen) atoms. The molecule has 3 aromatic carbocycles. The number of anilines is 1. The van der Waals surface area contributed by atoms with Crippen LogP contribution < -0.4 is 31.3 Å². The van der Waals surface area contributed by atoms with Crippen molar-refractivity contribution in [3.63, 3.8) is 0 Å². The molecule has 9 nitrogen and oxygen atoms in total. The molecule has 1 heterocycles. The van der Waals surface area contributed by atoms with Crippen molar-refractivity contribution in [2.24, 2.45) is 11.7 Å². The number of nitrogens with two attached hydrogens (primary N) is 1. The Morgan fingerprint density at radius 3 is 2.38 bits per heavy atom. The highest BCUT2D eigenvalue weighted by molar-refractivity contribution is 6.11. The number of primary amides is 1. The number of fused-ring (bicyclic) bond motifs is 1. The third kappa shape index (κ3) is 5.69. The highest BCUT2D eigenvalue weighted by atomic mass is 16.5. The smallest absolute Gasteiger partial charge is 0.285 e. The maximum atomic E-state index is 13.7. The number of carbonyl (C=O) groups is 2. The van der Waals surface area contributed by atoms with Gasteiger partial charge < -0.3 is 30.3 Å². The van der Waals surface area contributed by atoms with E-state index in [0.717, 1.165) is 31.0 Å². The van der Waals surface area contributed by atoms with Gasteiger partial charge in [-0.05, 0) is 80.2 Å². The third-order valence-corrected chi connectivity index (χ3v) is 6.99. The lowest BCUT2D eigenvalue weighted by atomic mass is 9.95. The summed E-state index contributed by atoms with van der Waals surface area (Å²) in [4.78, 5) is 39.7. The summed E-state index contributed by atoms with van der Waals surface area (Å²) >= 11 is 0. The van der Waals surface area contributed by atoms with Gasteiger partial charge in [-0.3, -0.25) is 14.4 Å². The van der Waals surface area contributed by atoms with Gasteiger partial charge in [-0.15, -0.1) is 0 Å². The Kier molecular flexibility index (Phi) is 7.84. The molecule has 1 aliphatic rings. The fourth-order valence-corrected chi connectivity index (χ4v) is 4.65. The summed E-state index contributed by atoms with van der Waals surface area (Å²) in [6.45, 7) is 1.96. The highest BCUT2D eigenvalue weighted by Crippen LogP contribution is 2.37. The molecular weight excluding hydrogens is 510 g/mol. The number of nitrogens with one attached hydrogen (secondary N) is 2. The Morgan fingerprint density at radius 1 is 1.00 bits per heavy atom. The van der Waals surface area contributed by atoms with Crippen LogP contribution >= 0.6 is 0 Å². The van der Waals surface area contributed by atoms with E-state index in [1.165, 1.54) is 39.2 Å². The first-order valence-electron chi connectivity index (χ1n) is 13.1. The van der Waals surface area contributed by atoms with Crippen LogP contribution in [0.5, 0.6) is 11.5 Å². The second kappa shape index (κ2) is 11.6. The first kappa shape index (κ1) is 27.0. The fourth-order valence-electron chi connectivity index (χ4n) is 4.65. The fraction of sp³-hybridized carbons (Fsp3) is 0.258. The number of benzene rings is 3. The highest BCUT2D eigenvalue weighted by Gasteiger charge is 2.27. The molecule has 2 amide bonds. The summed E-state index contributed by atoms with van der Waals surface area (Å²) in [5.74, 6) is -0.449. The number of hydrogen-bond acceptors (Lipinski definition) is 7. The molecule has 4 N–H and O–H groups in total. The van der Waals surface area contributed by atoms with Crippen LogP contribution in [0.2, 0.25) is 0 Å². The molecule has 1 aliphatic carbocycles. The second-order valence-corrected chi connectivity index (χ2v) is 9.80. The van der Waals surface area contributed by atoms with Crippen molar-refractivity contribution < 1.29 is 23.5 Å². The van der Waals surface area contributed by atoms with Gasteiger partial charge in [-0.2, -0.15) is 0 Å². The van der Waals surface area contributed by atoms with Crippen LogP contribution in [0.3, 0.4) is 0 Å². The van der Waals surface area contributed by atoms with Crippen LogP contribution in [0.1, 0.15) is 39.3 Å². The SMILES string of the molecule is COc1cc(C(=O)Nc2ccc(CCNCC3CC3)cc2)c(-c2c(C(N)=O)oc3ccccc3c2=O)cc1OC. The van der Waals surface area contributed by atoms with Crippen LogP contribution in [-0.2, 0) is 6.42 Å². The summed E-state index contributed by atoms with van der Waals surface area (Å²) in [5, 5.41) is 6.60. The van der Waals surface area contributed by atoms with E-state index in [1.807, 2.05) is 24.3 Å². The number of amides is 2. The zero-order valence-corrected chi connectivity index (χ0v) is 22.4. The quantitative estimate of drug-likeness (QED) is 0.240. The molecule has 0 radical (unpaired) electrons. The molecule has 1 aromatic heterocycles. The number of methoxy groups -OCH3 is 2. The monoisotopic (exact) mass is 541 g/mol. The number of carbonyl (C=O) groups excluding carboxylic acids is 2. The first-order valence-corrected chi connectivity index (χ1v) is 13.1. The molecule has 4 aromatic rings. The van der Waals surface area contributed by atoms with Gasteiger partial charge in [0.15, 0.2) is 11.5 Å². The summed E-state index contributed by atoms with van der Waals surface area (Å²) in [6, 6.07) is 17.0. The summed E-state index contributed by atoms with van der Waals surface area (Å²) in [5.41, 5.74) is 7.13. The Hall–Kier alpha value is -4.63. The van der Waals surface area contributed by atoms with E-state index < -0.39 is 17.2 Å². The van der Waals surface area contributed by atoms with Crippen molar-refractivity contribution in [2.75, 3.05) is 32.6 Å². The Balaban J connectivity index is 1.50. The summed E-state index contributed by atoms with van der Waals surface area (Å²) < 4.78 is 16.6. The van der Waals surface area contributed by atoms with Gasteiger partial charge in [0.05, 0.1) is 30.7 Å². The van der Waals surface area contributed by atoms with Crippen LogP contribution in [0.15, 0.2) is 69.9 Å². The van der Waals surface area contributed by atoms with Crippen molar-refractivity contribution in [3.8, 4) is 22.6 Å². The molecule has 206 valence electrons. The van der Waals surface area contributed by atoms with E-state index in [2.05, 4.69) is 10.6 Å². The van der Waals surface area contributed by atoms with E-state index >= 15 is 0 Å². The largest absolute Gasteiger partial charge is 0.493 e. The lowest BCUT2D eigenvalue weighted by Crippen LogP contribution is -2.21. The predicted octanol–water partition coefficient (Wildman–Crippen LogP) is 4.37. The van der Waals surface area contributed by atoms with E-state index in [1.54, 1.807) is 24.3 Å². The minimum Gasteiger partial charge on any atom is -0.493 e. The van der Waals surface area contributed by atoms with Crippen molar-refractivity contribution in [1.82, 2.24) is 5.32 Å². The Morgan fingerprint density at radius 2 is 1.70 bits per heavy atom. The van der Waals surface area contributed by atoms with E-state index in [-0.39, 0.29) is 44.9 Å². The van der Waals surface area contributed by atoms with Crippen molar-refractivity contribution in [2.45, 2.75) is 19.3 Å². The number of ether oxygens (including phenoxy) is 2. The Bertz CT molecular complexity index is 1620. The normalized spacial score (nSPS) is 12.8. The zero-order valence-electron chi connectivity index (χ0n) is 22.4. The molecule has 9 heteroatoms. The Labute approximate surface area is 231 Å². The molecule has 0 unspecified atom stereocenters. The van der Waals surface area contributed by atoms with Gasteiger partial charge in [-0.1, -0.05) is 24.3 Å². The average Bonchev–Trinajstić information content (AvgIpc) is 3.80. The van der Waals surface area contributed by atoms with Gasteiger partial charge in [-0.25, -0.2) is 0 Å². The number of hydrogen-bond donors (Lipinski definition) is 3. The van der Waals surface area contributed by atoms with Crippen LogP contribution in [-0.4, -0.2) is 39.1 Å². The lowest BCUT2D eigenvalue weighted by molar-refractivity contribution is 0.0973. The third-order valence-electron chi connectivity index (χ3n) is 6.99. The first-order chi connectivity index (χ1) is 19.4. The van der Waals surface area contributed by atoms with Crippen LogP contribution in [0.25, 0.3) is 22.1 Å². The van der Waals surface area contributed by atoms with E-state index in [0.29, 0.717) is 5.69 Å². The molecule has 0 aliphatic heterocycles. The molecule has 5 rings (SSSR count). The van der Waals surface area contributed by atoms with Gasteiger partial charge >= 0.3 is 0 Å². The van der Waals surface area contributed by atoms with Crippen LogP contribution in [0.4, 0.5) is 5.69 Å². The van der Waals surface area contributed by atoms with Crippen LogP contribution in [0, 0.1) is 5.92 Å². The van der Waals surface area contributed by atoms with Gasteiger partial charge in [0.1, 0.15) is 5.58 Å². The lowest BCUT2D eigenvalue weighted by Gasteiger charge is -2.16. The molecule has 0 atom stereocenters. The van der Waals surface area contributed by atoms with Gasteiger partial charge in [0.25, 0.3) is 11.8 Å². The van der Waals surface area contributed by atoms with E-state index in [4.69, 9.17) is 19.6 Å². The summed E-state index contributed by atoms with van der Waals surface area (Å²) in [6.07, 6.45) is 3.52. The van der Waals surface area contributed by atoms with Gasteiger partial charge in [0, 0.05) is 11.3 Å². The van der Waals surface area contributed by atoms with Gasteiger partial charge in [0.2, 0.25) is 11.2 Å². The number of para-hydroxylation sites is 1. The maximum Gasteiger partial charge on any atom is 0.285 e. The van der Waals surface area contributed by atoms with E-state index in [9.17, 15) is 14.4 Å². The zero-order chi connectivity index (χ0) is 28.2. The van der Waals surface area contributed by atoms with Crippen molar-refractivity contribution >= 4 is 28.5 Å². The standard InChI is InChI=1S/C31H31N3O6/c1-38-25-15-22(27-28(35)21-5-3-4-6-24(21)40-29(27)30(32)36)23(16-26(25)39-2)31(37)34-20-11-9-18(10-12-20)13-14-33-17-19-7-8-19/h3-6,9-12,15-16,19,33H,7-8,13-14,17H2,1-2H3,(H2,32,36)(H,34,37). The maximum absolute atomic E-state index is 13.7. The average molecular weight is 542 g/mol. The van der Waals surface area contributed by atoms with Crippen molar-refractivity contribution in [3.05, 3.63) is 87.8 Å². The molecule has 0 bridgehead atoms. The molecule has 0 spiro atoms. The molecule has 1 fully saturated rings.